The summed E-state index contributed by atoms with van der Waals surface area (Å²) in [5.41, 5.74) is 2.84. The van der Waals surface area contributed by atoms with Crippen LogP contribution < -0.4 is 5.32 Å². The van der Waals surface area contributed by atoms with Crippen LogP contribution in [0.15, 0.2) is 53.1 Å². The Morgan fingerprint density at radius 3 is 2.85 bits per heavy atom. The van der Waals surface area contributed by atoms with Crippen molar-refractivity contribution in [2.24, 2.45) is 0 Å². The fraction of sp³-hybridized carbons (Fsp3) is 0.0667. The molecule has 0 amide bonds. The second kappa shape index (κ2) is 5.77. The summed E-state index contributed by atoms with van der Waals surface area (Å²) in [7, 11) is 0. The van der Waals surface area contributed by atoms with E-state index in [9.17, 15) is 0 Å². The minimum absolute atomic E-state index is 0.664. The summed E-state index contributed by atoms with van der Waals surface area (Å²) in [6, 6.07) is 13.6. The van der Waals surface area contributed by atoms with E-state index in [-0.39, 0.29) is 0 Å². The van der Waals surface area contributed by atoms with Gasteiger partial charge in [-0.2, -0.15) is 0 Å². The highest BCUT2D eigenvalue weighted by Crippen LogP contribution is 2.18. The summed E-state index contributed by atoms with van der Waals surface area (Å²) in [6.45, 7) is 0.664. The van der Waals surface area contributed by atoms with Crippen molar-refractivity contribution in [3.05, 3.63) is 63.7 Å². The van der Waals surface area contributed by atoms with E-state index >= 15 is 0 Å². The Hall–Kier alpha value is -1.65. The van der Waals surface area contributed by atoms with Crippen LogP contribution >= 0.6 is 27.5 Å². The van der Waals surface area contributed by atoms with Gasteiger partial charge in [-0.3, -0.25) is 4.98 Å². The molecule has 1 aromatic heterocycles. The number of benzene rings is 2. The summed E-state index contributed by atoms with van der Waals surface area (Å²) in [6.07, 6.45) is 1.74. The van der Waals surface area contributed by atoms with Gasteiger partial charge in [-0.25, -0.2) is 4.98 Å². The third kappa shape index (κ3) is 3.08. The van der Waals surface area contributed by atoms with Crippen LogP contribution in [-0.2, 0) is 6.54 Å². The van der Waals surface area contributed by atoms with Crippen LogP contribution in [0.5, 0.6) is 0 Å². The molecule has 0 aliphatic carbocycles. The molecule has 0 fully saturated rings. The number of hydrogen-bond donors (Lipinski definition) is 1. The minimum Gasteiger partial charge on any atom is -0.365 e. The number of fused-ring (bicyclic) bond motifs is 1. The maximum Gasteiger partial charge on any atom is 0.145 e. The summed E-state index contributed by atoms with van der Waals surface area (Å²) in [5.74, 6) is 0.750. The lowest BCUT2D eigenvalue weighted by Crippen LogP contribution is -2.02. The number of aromatic nitrogens is 2. The number of nitrogens with one attached hydrogen (secondary N) is 1. The van der Waals surface area contributed by atoms with Crippen molar-refractivity contribution >= 4 is 44.4 Å². The number of anilines is 1. The first-order chi connectivity index (χ1) is 9.70. The number of nitrogens with zero attached hydrogens (tertiary/aromatic N) is 2. The van der Waals surface area contributed by atoms with Gasteiger partial charge in [-0.1, -0.05) is 39.7 Å². The Balaban J connectivity index is 1.79. The van der Waals surface area contributed by atoms with Crippen molar-refractivity contribution in [2.45, 2.75) is 6.54 Å². The van der Waals surface area contributed by atoms with Crippen LogP contribution in [0.4, 0.5) is 5.82 Å². The maximum absolute atomic E-state index is 5.96. The Bertz CT molecular complexity index is 761. The van der Waals surface area contributed by atoms with Gasteiger partial charge in [-0.05, 0) is 35.9 Å². The standard InChI is InChI=1S/C15H11BrClN3/c16-11-4-5-13-14(7-11)18-9-15(20-13)19-8-10-2-1-3-12(17)6-10/h1-7,9H,8H2,(H,19,20). The van der Waals surface area contributed by atoms with Crippen LogP contribution in [0, 0.1) is 0 Å². The highest BCUT2D eigenvalue weighted by Gasteiger charge is 2.01. The van der Waals surface area contributed by atoms with E-state index in [2.05, 4.69) is 31.2 Å². The van der Waals surface area contributed by atoms with Gasteiger partial charge in [0.05, 0.1) is 17.2 Å². The SMILES string of the molecule is Clc1cccc(CNc2cnc3cc(Br)ccc3n2)c1. The van der Waals surface area contributed by atoms with E-state index in [0.717, 1.165) is 31.9 Å². The molecule has 3 nitrogen and oxygen atoms in total. The molecule has 1 N–H and O–H groups in total. The summed E-state index contributed by atoms with van der Waals surface area (Å²) >= 11 is 9.38. The first-order valence-electron chi connectivity index (χ1n) is 6.11. The van der Waals surface area contributed by atoms with E-state index < -0.39 is 0 Å². The predicted octanol–water partition coefficient (Wildman–Crippen LogP) is 4.66. The van der Waals surface area contributed by atoms with Crippen LogP contribution in [0.2, 0.25) is 5.02 Å². The van der Waals surface area contributed by atoms with Gasteiger partial charge in [0.15, 0.2) is 0 Å². The quantitative estimate of drug-likeness (QED) is 0.748. The molecule has 0 spiro atoms. The topological polar surface area (TPSA) is 37.8 Å². The van der Waals surface area contributed by atoms with Gasteiger partial charge < -0.3 is 5.32 Å². The molecule has 3 rings (SSSR count). The lowest BCUT2D eigenvalue weighted by molar-refractivity contribution is 1.11. The van der Waals surface area contributed by atoms with Gasteiger partial charge in [0.2, 0.25) is 0 Å². The van der Waals surface area contributed by atoms with Crippen molar-refractivity contribution < 1.29 is 0 Å². The second-order valence-corrected chi connectivity index (χ2v) is 5.72. The Morgan fingerprint density at radius 2 is 2.00 bits per heavy atom. The van der Waals surface area contributed by atoms with E-state index in [1.807, 2.05) is 42.5 Å². The van der Waals surface area contributed by atoms with E-state index in [1.165, 1.54) is 0 Å². The molecular formula is C15H11BrClN3. The van der Waals surface area contributed by atoms with Gasteiger partial charge in [0, 0.05) is 16.0 Å². The molecule has 0 unspecified atom stereocenters. The van der Waals surface area contributed by atoms with Crippen LogP contribution in [-0.4, -0.2) is 9.97 Å². The lowest BCUT2D eigenvalue weighted by Gasteiger charge is -2.07. The molecule has 2 aromatic carbocycles. The van der Waals surface area contributed by atoms with Gasteiger partial charge in [0.1, 0.15) is 5.82 Å². The van der Waals surface area contributed by atoms with Crippen molar-refractivity contribution in [2.75, 3.05) is 5.32 Å². The fourth-order valence-electron chi connectivity index (χ4n) is 1.91. The lowest BCUT2D eigenvalue weighted by atomic mass is 10.2. The average Bonchev–Trinajstić information content (AvgIpc) is 2.45. The molecule has 0 saturated heterocycles. The minimum atomic E-state index is 0.664. The molecule has 0 aliphatic heterocycles. The third-order valence-corrected chi connectivity index (χ3v) is 3.60. The molecule has 20 heavy (non-hydrogen) atoms. The Labute approximate surface area is 130 Å². The molecule has 0 saturated carbocycles. The summed E-state index contributed by atoms with van der Waals surface area (Å²) < 4.78 is 0.999. The van der Waals surface area contributed by atoms with Gasteiger partial charge in [-0.15, -0.1) is 0 Å². The fourth-order valence-corrected chi connectivity index (χ4v) is 2.47. The summed E-state index contributed by atoms with van der Waals surface area (Å²) in [5, 5.41) is 3.99. The smallest absolute Gasteiger partial charge is 0.145 e. The van der Waals surface area contributed by atoms with E-state index in [4.69, 9.17) is 11.6 Å². The molecule has 0 aliphatic rings. The predicted molar refractivity (Wildman–Crippen MR) is 86.0 cm³/mol. The molecule has 0 atom stereocenters. The zero-order valence-electron chi connectivity index (χ0n) is 10.5. The molecule has 0 radical (unpaired) electrons. The number of rotatable bonds is 3. The van der Waals surface area contributed by atoms with Gasteiger partial charge in [0.25, 0.3) is 0 Å². The molecule has 3 aromatic rings. The highest BCUT2D eigenvalue weighted by molar-refractivity contribution is 9.10. The Morgan fingerprint density at radius 1 is 1.10 bits per heavy atom. The summed E-state index contributed by atoms with van der Waals surface area (Å²) in [4.78, 5) is 8.92. The van der Waals surface area contributed by atoms with Crippen molar-refractivity contribution in [3.8, 4) is 0 Å². The molecule has 1 heterocycles. The second-order valence-electron chi connectivity index (χ2n) is 4.37. The normalized spacial score (nSPS) is 10.7. The maximum atomic E-state index is 5.96. The molecule has 5 heteroatoms. The molecular weight excluding hydrogens is 338 g/mol. The van der Waals surface area contributed by atoms with Gasteiger partial charge >= 0.3 is 0 Å². The first kappa shape index (κ1) is 13.3. The van der Waals surface area contributed by atoms with Crippen LogP contribution in [0.25, 0.3) is 11.0 Å². The van der Waals surface area contributed by atoms with Crippen molar-refractivity contribution in [1.82, 2.24) is 9.97 Å². The van der Waals surface area contributed by atoms with Crippen molar-refractivity contribution in [1.29, 1.82) is 0 Å². The van der Waals surface area contributed by atoms with E-state index in [0.29, 0.717) is 6.54 Å². The number of hydrogen-bond acceptors (Lipinski definition) is 3. The molecule has 0 bridgehead atoms. The monoisotopic (exact) mass is 347 g/mol. The first-order valence-corrected chi connectivity index (χ1v) is 7.28. The average molecular weight is 349 g/mol. The zero-order valence-corrected chi connectivity index (χ0v) is 12.8. The molecule has 100 valence electrons. The van der Waals surface area contributed by atoms with Crippen LogP contribution in [0.1, 0.15) is 5.56 Å². The Kier molecular flexibility index (Phi) is 3.85. The van der Waals surface area contributed by atoms with Crippen molar-refractivity contribution in [3.63, 3.8) is 0 Å². The largest absolute Gasteiger partial charge is 0.365 e. The zero-order chi connectivity index (χ0) is 13.9. The number of halogens is 2. The van der Waals surface area contributed by atoms with Crippen LogP contribution in [0.3, 0.4) is 0 Å². The van der Waals surface area contributed by atoms with E-state index in [1.54, 1.807) is 6.20 Å². The highest BCUT2D eigenvalue weighted by atomic mass is 79.9. The third-order valence-electron chi connectivity index (χ3n) is 2.87.